The number of esters is 1. The number of hydrogen-bond acceptors (Lipinski definition) is 4. The van der Waals surface area contributed by atoms with Gasteiger partial charge in [-0.25, -0.2) is 0 Å². The van der Waals surface area contributed by atoms with Crippen LogP contribution in [0.1, 0.15) is 24.6 Å². The molecule has 1 aromatic heterocycles. The third-order valence-corrected chi connectivity index (χ3v) is 2.33. The molecule has 1 aromatic rings. The van der Waals surface area contributed by atoms with Gasteiger partial charge in [0.1, 0.15) is 18.1 Å². The summed E-state index contributed by atoms with van der Waals surface area (Å²) < 4.78 is 6.60. The van der Waals surface area contributed by atoms with Crippen LogP contribution in [0.15, 0.2) is 6.33 Å². The molecule has 1 aliphatic heterocycles. The van der Waals surface area contributed by atoms with Crippen LogP contribution in [-0.2, 0) is 16.1 Å². The van der Waals surface area contributed by atoms with Crippen molar-refractivity contribution in [3.05, 3.63) is 12.2 Å². The van der Waals surface area contributed by atoms with Gasteiger partial charge in [-0.15, -0.1) is 10.2 Å². The largest absolute Gasteiger partial charge is 0.468 e. The third kappa shape index (κ3) is 1.30. The van der Waals surface area contributed by atoms with E-state index in [0.29, 0.717) is 0 Å². The van der Waals surface area contributed by atoms with Crippen molar-refractivity contribution in [1.29, 1.82) is 0 Å². The minimum Gasteiger partial charge on any atom is -0.468 e. The van der Waals surface area contributed by atoms with Crippen molar-refractivity contribution in [3.63, 3.8) is 0 Å². The summed E-state index contributed by atoms with van der Waals surface area (Å²) in [7, 11) is 1.40. The average Bonchev–Trinajstić information content (AvgIpc) is 2.63. The first kappa shape index (κ1) is 8.22. The highest BCUT2D eigenvalue weighted by Gasteiger charge is 2.29. The number of carbonyl (C=O) groups excluding carboxylic acids is 1. The molecule has 2 rings (SSSR count). The number of aryl methyl sites for hydroxylation is 1. The van der Waals surface area contributed by atoms with Gasteiger partial charge in [0.25, 0.3) is 0 Å². The first-order valence-corrected chi connectivity index (χ1v) is 4.28. The Balaban J connectivity index is 2.30. The summed E-state index contributed by atoms with van der Waals surface area (Å²) in [6.07, 6.45) is 3.45. The van der Waals surface area contributed by atoms with Crippen LogP contribution in [0.5, 0.6) is 0 Å². The van der Waals surface area contributed by atoms with Crippen LogP contribution in [-0.4, -0.2) is 27.8 Å². The van der Waals surface area contributed by atoms with E-state index in [-0.39, 0.29) is 11.9 Å². The molecule has 0 N–H and O–H groups in total. The average molecular weight is 181 g/mol. The van der Waals surface area contributed by atoms with E-state index in [1.807, 2.05) is 4.57 Å². The van der Waals surface area contributed by atoms with Crippen molar-refractivity contribution in [2.75, 3.05) is 7.11 Å². The molecule has 0 aliphatic carbocycles. The Morgan fingerprint density at radius 1 is 1.77 bits per heavy atom. The Labute approximate surface area is 75.7 Å². The van der Waals surface area contributed by atoms with E-state index >= 15 is 0 Å². The van der Waals surface area contributed by atoms with Crippen molar-refractivity contribution in [1.82, 2.24) is 14.8 Å². The summed E-state index contributed by atoms with van der Waals surface area (Å²) in [6, 6.07) is 0. The summed E-state index contributed by atoms with van der Waals surface area (Å²) in [6.45, 7) is 0.899. The Morgan fingerprint density at radius 2 is 2.62 bits per heavy atom. The molecule has 0 aromatic carbocycles. The summed E-state index contributed by atoms with van der Waals surface area (Å²) in [5, 5.41) is 7.70. The van der Waals surface area contributed by atoms with E-state index in [2.05, 4.69) is 10.2 Å². The van der Waals surface area contributed by atoms with Gasteiger partial charge in [0, 0.05) is 6.54 Å². The van der Waals surface area contributed by atoms with Gasteiger partial charge >= 0.3 is 5.97 Å². The van der Waals surface area contributed by atoms with Gasteiger partial charge in [0.2, 0.25) is 0 Å². The molecule has 1 atom stereocenters. The zero-order chi connectivity index (χ0) is 9.26. The first-order valence-electron chi connectivity index (χ1n) is 4.28. The Morgan fingerprint density at radius 3 is 3.38 bits per heavy atom. The summed E-state index contributed by atoms with van der Waals surface area (Å²) in [4.78, 5) is 11.3. The fourth-order valence-corrected chi connectivity index (χ4v) is 1.67. The van der Waals surface area contributed by atoms with Crippen molar-refractivity contribution in [2.24, 2.45) is 0 Å². The number of carbonyl (C=O) groups is 1. The topological polar surface area (TPSA) is 57.0 Å². The van der Waals surface area contributed by atoms with Crippen LogP contribution >= 0.6 is 0 Å². The number of fused-ring (bicyclic) bond motifs is 1. The maximum atomic E-state index is 11.3. The second kappa shape index (κ2) is 3.16. The van der Waals surface area contributed by atoms with E-state index in [9.17, 15) is 4.79 Å². The lowest BCUT2D eigenvalue weighted by molar-refractivity contribution is -0.143. The molecule has 0 unspecified atom stereocenters. The maximum Gasteiger partial charge on any atom is 0.316 e. The highest BCUT2D eigenvalue weighted by Crippen LogP contribution is 2.25. The van der Waals surface area contributed by atoms with Crippen LogP contribution in [0, 0.1) is 0 Å². The number of rotatable bonds is 1. The molecule has 2 heterocycles. The molecule has 1 aliphatic rings. The SMILES string of the molecule is COC(=O)[C@@H]1CCCn2cnnc21. The normalized spacial score (nSPS) is 20.8. The summed E-state index contributed by atoms with van der Waals surface area (Å²) in [5.74, 6) is 0.299. The molecular formula is C8H11N3O2. The van der Waals surface area contributed by atoms with E-state index < -0.39 is 0 Å². The number of nitrogens with zero attached hydrogens (tertiary/aromatic N) is 3. The van der Waals surface area contributed by atoms with Gasteiger partial charge in [0.15, 0.2) is 0 Å². The smallest absolute Gasteiger partial charge is 0.316 e. The summed E-state index contributed by atoms with van der Waals surface area (Å²) >= 11 is 0. The van der Waals surface area contributed by atoms with Crippen molar-refractivity contribution in [2.45, 2.75) is 25.3 Å². The fourth-order valence-electron chi connectivity index (χ4n) is 1.67. The Kier molecular flexibility index (Phi) is 2.00. The minimum atomic E-state index is -0.221. The standard InChI is InChI=1S/C8H11N3O2/c1-13-8(12)6-3-2-4-11-5-9-10-7(6)11/h5-6H,2-4H2,1H3/t6-/m1/s1. The van der Waals surface area contributed by atoms with Gasteiger partial charge in [-0.05, 0) is 12.8 Å². The monoisotopic (exact) mass is 181 g/mol. The minimum absolute atomic E-state index is 0.214. The van der Waals surface area contributed by atoms with Gasteiger partial charge in [0.05, 0.1) is 7.11 Å². The molecule has 0 fully saturated rings. The molecular weight excluding hydrogens is 170 g/mol. The molecule has 5 heteroatoms. The summed E-state index contributed by atoms with van der Waals surface area (Å²) in [5.41, 5.74) is 0. The molecule has 0 saturated carbocycles. The predicted octanol–water partition coefficient (Wildman–Crippen LogP) is 0.328. The second-order valence-corrected chi connectivity index (χ2v) is 3.10. The van der Waals surface area contributed by atoms with Gasteiger partial charge < -0.3 is 9.30 Å². The second-order valence-electron chi connectivity index (χ2n) is 3.10. The number of ether oxygens (including phenoxy) is 1. The lowest BCUT2D eigenvalue weighted by Gasteiger charge is -2.19. The van der Waals surface area contributed by atoms with Crippen LogP contribution in [0.3, 0.4) is 0 Å². The van der Waals surface area contributed by atoms with E-state index in [1.54, 1.807) is 6.33 Å². The Hall–Kier alpha value is -1.39. The Bertz CT molecular complexity index is 321. The molecule has 0 bridgehead atoms. The lowest BCUT2D eigenvalue weighted by atomic mass is 9.99. The number of hydrogen-bond donors (Lipinski definition) is 0. The van der Waals surface area contributed by atoms with Gasteiger partial charge in [-0.2, -0.15) is 0 Å². The van der Waals surface area contributed by atoms with Crippen molar-refractivity contribution in [3.8, 4) is 0 Å². The first-order chi connectivity index (χ1) is 6.33. The van der Waals surface area contributed by atoms with E-state index in [4.69, 9.17) is 4.74 Å². The van der Waals surface area contributed by atoms with Crippen LogP contribution in [0.25, 0.3) is 0 Å². The highest BCUT2D eigenvalue weighted by atomic mass is 16.5. The van der Waals surface area contributed by atoms with Crippen molar-refractivity contribution < 1.29 is 9.53 Å². The zero-order valence-corrected chi connectivity index (χ0v) is 7.43. The van der Waals surface area contributed by atoms with E-state index in [0.717, 1.165) is 25.2 Å². The molecule has 70 valence electrons. The zero-order valence-electron chi connectivity index (χ0n) is 7.43. The van der Waals surface area contributed by atoms with Crippen LogP contribution in [0.2, 0.25) is 0 Å². The van der Waals surface area contributed by atoms with E-state index in [1.165, 1.54) is 7.11 Å². The van der Waals surface area contributed by atoms with Gasteiger partial charge in [-0.1, -0.05) is 0 Å². The molecule has 0 spiro atoms. The number of methoxy groups -OCH3 is 1. The predicted molar refractivity (Wildman–Crippen MR) is 44.0 cm³/mol. The fraction of sp³-hybridized carbons (Fsp3) is 0.625. The number of aromatic nitrogens is 3. The van der Waals surface area contributed by atoms with Crippen LogP contribution < -0.4 is 0 Å². The highest BCUT2D eigenvalue weighted by molar-refractivity contribution is 5.77. The van der Waals surface area contributed by atoms with Crippen molar-refractivity contribution >= 4 is 5.97 Å². The lowest BCUT2D eigenvalue weighted by Crippen LogP contribution is -2.23. The molecule has 0 amide bonds. The third-order valence-electron chi connectivity index (χ3n) is 2.33. The maximum absolute atomic E-state index is 11.3. The molecule has 13 heavy (non-hydrogen) atoms. The van der Waals surface area contributed by atoms with Crippen LogP contribution in [0.4, 0.5) is 0 Å². The molecule has 5 nitrogen and oxygen atoms in total. The quantitative estimate of drug-likeness (QED) is 0.586. The molecule has 0 radical (unpaired) electrons. The molecule has 0 saturated heterocycles. The van der Waals surface area contributed by atoms with Gasteiger partial charge in [-0.3, -0.25) is 4.79 Å².